The van der Waals surface area contributed by atoms with Crippen molar-refractivity contribution in [2.75, 3.05) is 33.2 Å². The third-order valence-corrected chi connectivity index (χ3v) is 6.30. The van der Waals surface area contributed by atoms with Crippen LogP contribution in [0.1, 0.15) is 33.0 Å². The van der Waals surface area contributed by atoms with E-state index in [9.17, 15) is 4.79 Å². The smallest absolute Gasteiger partial charge is 0.263 e. The molecular weight excluding hydrogens is 364 g/mol. The van der Waals surface area contributed by atoms with Gasteiger partial charge in [-0.1, -0.05) is 23.7 Å². The predicted molar refractivity (Wildman–Crippen MR) is 110 cm³/mol. The molecule has 3 nitrogen and oxygen atoms in total. The molecule has 2 aromatic rings. The zero-order valence-electron chi connectivity index (χ0n) is 15.6. The molecule has 0 radical (unpaired) electrons. The first kappa shape index (κ1) is 19.4. The minimum atomic E-state index is 0.154. The first-order chi connectivity index (χ1) is 12.5. The largest absolute Gasteiger partial charge is 0.341 e. The van der Waals surface area contributed by atoms with E-state index >= 15 is 0 Å². The van der Waals surface area contributed by atoms with Crippen molar-refractivity contribution in [3.05, 3.63) is 56.7 Å². The number of halogens is 1. The number of aryl methyl sites for hydroxylation is 1. The fraction of sp³-hybridized carbons (Fsp3) is 0.476. The molecule has 1 aliphatic rings. The monoisotopic (exact) mass is 390 g/mol. The lowest BCUT2D eigenvalue weighted by Crippen LogP contribution is -2.42. The van der Waals surface area contributed by atoms with E-state index in [2.05, 4.69) is 17.0 Å². The second kappa shape index (κ2) is 9.03. The van der Waals surface area contributed by atoms with Gasteiger partial charge in [0.05, 0.1) is 4.88 Å². The maximum absolute atomic E-state index is 12.6. The first-order valence-corrected chi connectivity index (χ1v) is 10.5. The van der Waals surface area contributed by atoms with E-state index in [-0.39, 0.29) is 5.91 Å². The summed E-state index contributed by atoms with van der Waals surface area (Å²) in [6.45, 7) is 6.19. The zero-order chi connectivity index (χ0) is 18.5. The van der Waals surface area contributed by atoms with Gasteiger partial charge in [-0.3, -0.25) is 4.79 Å². The molecule has 5 heteroatoms. The van der Waals surface area contributed by atoms with Gasteiger partial charge in [-0.2, -0.15) is 0 Å². The molecular formula is C21H27ClN2OS. The van der Waals surface area contributed by atoms with E-state index in [4.69, 9.17) is 11.6 Å². The summed E-state index contributed by atoms with van der Waals surface area (Å²) in [5, 5.41) is 0.792. The maximum Gasteiger partial charge on any atom is 0.263 e. The Bertz CT molecular complexity index is 728. The highest BCUT2D eigenvalue weighted by Gasteiger charge is 2.23. The lowest BCUT2D eigenvalue weighted by molar-refractivity contribution is 0.0735. The van der Waals surface area contributed by atoms with Crippen LogP contribution < -0.4 is 0 Å². The van der Waals surface area contributed by atoms with Crippen LogP contribution in [0.25, 0.3) is 0 Å². The van der Waals surface area contributed by atoms with Gasteiger partial charge in [-0.15, -0.1) is 11.3 Å². The van der Waals surface area contributed by atoms with Crippen LogP contribution in [0.5, 0.6) is 0 Å². The minimum absolute atomic E-state index is 0.154. The average molecular weight is 391 g/mol. The van der Waals surface area contributed by atoms with Crippen molar-refractivity contribution >= 4 is 28.8 Å². The molecule has 1 fully saturated rings. The molecule has 3 rings (SSSR count). The highest BCUT2D eigenvalue weighted by Crippen LogP contribution is 2.21. The molecule has 2 heterocycles. The van der Waals surface area contributed by atoms with Gasteiger partial charge in [0.1, 0.15) is 0 Å². The summed E-state index contributed by atoms with van der Waals surface area (Å²) in [5.74, 6) is 0.713. The normalized spacial score (nSPS) is 18.0. The quantitative estimate of drug-likeness (QED) is 0.711. The molecule has 1 aliphatic heterocycles. The Hall–Kier alpha value is -1.36. The second-order valence-corrected chi connectivity index (χ2v) is 9.01. The van der Waals surface area contributed by atoms with Crippen molar-refractivity contribution in [3.63, 3.8) is 0 Å². The summed E-state index contributed by atoms with van der Waals surface area (Å²) in [6, 6.07) is 12.1. The van der Waals surface area contributed by atoms with Crippen molar-refractivity contribution in [1.82, 2.24) is 9.80 Å². The highest BCUT2D eigenvalue weighted by molar-refractivity contribution is 7.13. The number of thiophene rings is 1. The third-order valence-electron chi connectivity index (χ3n) is 5.06. The van der Waals surface area contributed by atoms with Gasteiger partial charge in [-0.25, -0.2) is 0 Å². The van der Waals surface area contributed by atoms with Crippen LogP contribution in [0.2, 0.25) is 5.02 Å². The summed E-state index contributed by atoms with van der Waals surface area (Å²) in [7, 11) is 1.93. The first-order valence-electron chi connectivity index (χ1n) is 9.30. The number of amides is 1. The molecule has 1 atom stereocenters. The SMILES string of the molecule is Cc1ccc(C(=O)N(C)CC2CCCN(CCc3ccc(Cl)cc3)C2)s1. The van der Waals surface area contributed by atoms with Crippen LogP contribution in [-0.4, -0.2) is 48.9 Å². The Morgan fingerprint density at radius 1 is 1.27 bits per heavy atom. The molecule has 1 amide bonds. The third kappa shape index (κ3) is 5.32. The number of rotatable bonds is 6. The predicted octanol–water partition coefficient (Wildman–Crippen LogP) is 4.74. The topological polar surface area (TPSA) is 23.6 Å². The van der Waals surface area contributed by atoms with Gasteiger partial charge in [0.25, 0.3) is 5.91 Å². The molecule has 0 aliphatic carbocycles. The molecule has 1 saturated heterocycles. The van der Waals surface area contributed by atoms with Gasteiger partial charge in [0.15, 0.2) is 0 Å². The fourth-order valence-electron chi connectivity index (χ4n) is 3.65. The Labute approximate surface area is 165 Å². The lowest BCUT2D eigenvalue weighted by atomic mass is 9.97. The van der Waals surface area contributed by atoms with Crippen molar-refractivity contribution < 1.29 is 4.79 Å². The number of nitrogens with zero attached hydrogens (tertiary/aromatic N) is 2. The highest BCUT2D eigenvalue weighted by atomic mass is 35.5. The van der Waals surface area contributed by atoms with Crippen molar-refractivity contribution in [3.8, 4) is 0 Å². The Kier molecular flexibility index (Phi) is 6.74. The van der Waals surface area contributed by atoms with Crippen molar-refractivity contribution in [2.24, 2.45) is 5.92 Å². The average Bonchev–Trinajstić information content (AvgIpc) is 3.07. The Balaban J connectivity index is 1.48. The number of carbonyl (C=O) groups is 1. The number of piperidine rings is 1. The zero-order valence-corrected chi connectivity index (χ0v) is 17.2. The fourth-order valence-corrected chi connectivity index (χ4v) is 4.64. The van der Waals surface area contributed by atoms with Crippen LogP contribution in [0.3, 0.4) is 0 Å². The lowest BCUT2D eigenvalue weighted by Gasteiger charge is -2.34. The molecule has 0 bridgehead atoms. The van der Waals surface area contributed by atoms with Crippen molar-refractivity contribution in [2.45, 2.75) is 26.2 Å². The standard InChI is InChI=1S/C21H27ClN2OS/c1-16-5-10-20(26-16)21(25)23(2)14-18-4-3-12-24(15-18)13-11-17-6-8-19(22)9-7-17/h5-10,18H,3-4,11-15H2,1-2H3. The summed E-state index contributed by atoms with van der Waals surface area (Å²) in [5.41, 5.74) is 1.33. The van der Waals surface area contributed by atoms with Gasteiger partial charge >= 0.3 is 0 Å². The summed E-state index contributed by atoms with van der Waals surface area (Å²) >= 11 is 7.54. The van der Waals surface area contributed by atoms with Crippen LogP contribution >= 0.6 is 22.9 Å². The summed E-state index contributed by atoms with van der Waals surface area (Å²) in [4.78, 5) is 19.0. The molecule has 1 aromatic carbocycles. The number of carbonyl (C=O) groups excluding carboxylic acids is 1. The number of hydrogen-bond acceptors (Lipinski definition) is 3. The minimum Gasteiger partial charge on any atom is -0.341 e. The molecule has 1 unspecified atom stereocenters. The molecule has 0 N–H and O–H groups in total. The molecule has 1 aromatic heterocycles. The van der Waals surface area contributed by atoms with Gasteiger partial charge in [-0.05, 0) is 68.5 Å². The van der Waals surface area contributed by atoms with Crippen LogP contribution in [0.15, 0.2) is 36.4 Å². The molecule has 140 valence electrons. The van der Waals surface area contributed by atoms with E-state index in [1.807, 2.05) is 43.1 Å². The Morgan fingerprint density at radius 3 is 2.73 bits per heavy atom. The summed E-state index contributed by atoms with van der Waals surface area (Å²) < 4.78 is 0. The molecule has 0 spiro atoms. The Morgan fingerprint density at radius 2 is 2.04 bits per heavy atom. The summed E-state index contributed by atoms with van der Waals surface area (Å²) in [6.07, 6.45) is 3.47. The van der Waals surface area contributed by atoms with Gasteiger partial charge in [0.2, 0.25) is 0 Å². The van der Waals surface area contributed by atoms with E-state index in [1.54, 1.807) is 11.3 Å². The van der Waals surface area contributed by atoms with Crippen molar-refractivity contribution in [1.29, 1.82) is 0 Å². The number of benzene rings is 1. The van der Waals surface area contributed by atoms with E-state index < -0.39 is 0 Å². The van der Waals surface area contributed by atoms with E-state index in [0.29, 0.717) is 5.92 Å². The second-order valence-electron chi connectivity index (χ2n) is 7.28. The van der Waals surface area contributed by atoms with E-state index in [1.165, 1.54) is 23.3 Å². The van der Waals surface area contributed by atoms with Crippen LogP contribution in [0.4, 0.5) is 0 Å². The van der Waals surface area contributed by atoms with Crippen LogP contribution in [0, 0.1) is 12.8 Å². The maximum atomic E-state index is 12.6. The van der Waals surface area contributed by atoms with Gasteiger partial charge in [0, 0.05) is 36.6 Å². The molecule has 26 heavy (non-hydrogen) atoms. The van der Waals surface area contributed by atoms with Gasteiger partial charge < -0.3 is 9.80 Å². The molecule has 0 saturated carbocycles. The number of likely N-dealkylation sites (tertiary alicyclic amines) is 1. The van der Waals surface area contributed by atoms with E-state index in [0.717, 1.165) is 42.5 Å². The van der Waals surface area contributed by atoms with Crippen LogP contribution in [-0.2, 0) is 6.42 Å². The number of hydrogen-bond donors (Lipinski definition) is 0.